The number of nitrogens with zero attached hydrogens (tertiary/aromatic N) is 2. The van der Waals surface area contributed by atoms with E-state index in [9.17, 15) is 26.8 Å². The van der Waals surface area contributed by atoms with Crippen LogP contribution in [0.5, 0.6) is 5.75 Å². The summed E-state index contributed by atoms with van der Waals surface area (Å²) in [5, 5.41) is 0. The normalized spacial score (nSPS) is 13.5. The number of methoxy groups -OCH3 is 1. The van der Waals surface area contributed by atoms with Crippen LogP contribution in [0.4, 0.5) is 8.78 Å². The topological polar surface area (TPSA) is 85.7 Å². The fraction of sp³-hybridized carbons (Fsp3) is 0.250. The molecule has 1 amide bonds. The third kappa shape index (κ3) is 4.21. The molecule has 0 saturated carbocycles. The van der Waals surface area contributed by atoms with Gasteiger partial charge in [-0.2, -0.15) is 0 Å². The predicted octanol–water partition coefficient (Wildman–Crippen LogP) is 2.94. The zero-order valence-corrected chi connectivity index (χ0v) is 19.6. The second-order valence-corrected chi connectivity index (χ2v) is 10.2. The van der Waals surface area contributed by atoms with Crippen molar-refractivity contribution in [3.05, 3.63) is 81.3 Å². The molecule has 0 spiro atoms. The summed E-state index contributed by atoms with van der Waals surface area (Å²) in [5.41, 5.74) is 1.46. The van der Waals surface area contributed by atoms with Gasteiger partial charge >= 0.3 is 0 Å². The van der Waals surface area contributed by atoms with E-state index < -0.39 is 27.4 Å². The number of carbonyl (C=O) groups excluding carboxylic acids is 1. The summed E-state index contributed by atoms with van der Waals surface area (Å²) in [4.78, 5) is 27.3. The number of carbonyl (C=O) groups is 1. The van der Waals surface area contributed by atoms with Gasteiger partial charge in [-0.3, -0.25) is 9.59 Å². The van der Waals surface area contributed by atoms with Gasteiger partial charge in [0.15, 0.2) is 9.84 Å². The Morgan fingerprint density at radius 2 is 1.79 bits per heavy atom. The Morgan fingerprint density at radius 1 is 1.06 bits per heavy atom. The van der Waals surface area contributed by atoms with E-state index in [0.29, 0.717) is 34.1 Å². The van der Waals surface area contributed by atoms with E-state index in [0.717, 1.165) is 18.4 Å². The van der Waals surface area contributed by atoms with Crippen LogP contribution in [0.1, 0.15) is 21.5 Å². The first-order chi connectivity index (χ1) is 16.0. The quantitative estimate of drug-likeness (QED) is 0.564. The molecule has 178 valence electrons. The van der Waals surface area contributed by atoms with Crippen molar-refractivity contribution in [1.82, 2.24) is 9.47 Å². The Kier molecular flexibility index (Phi) is 6.03. The van der Waals surface area contributed by atoms with E-state index >= 15 is 0 Å². The third-order valence-corrected chi connectivity index (χ3v) is 7.02. The summed E-state index contributed by atoms with van der Waals surface area (Å²) >= 11 is 0. The number of pyridine rings is 1. The summed E-state index contributed by atoms with van der Waals surface area (Å²) in [5.74, 6) is -2.00. The van der Waals surface area contributed by atoms with Gasteiger partial charge in [-0.1, -0.05) is 0 Å². The molecule has 2 heterocycles. The van der Waals surface area contributed by atoms with Crippen molar-refractivity contribution in [2.75, 3.05) is 19.9 Å². The number of ether oxygens (including phenoxy) is 1. The molecular weight excluding hydrogens is 466 g/mol. The zero-order chi connectivity index (χ0) is 24.8. The van der Waals surface area contributed by atoms with Crippen LogP contribution in [-0.4, -0.2) is 43.7 Å². The summed E-state index contributed by atoms with van der Waals surface area (Å²) in [7, 11) is -0.495. The molecule has 3 aromatic rings. The molecule has 7 nitrogen and oxygen atoms in total. The van der Waals surface area contributed by atoms with Crippen LogP contribution in [0.25, 0.3) is 11.1 Å². The molecular formula is C24H22F2N2O5S. The maximum absolute atomic E-state index is 14.3. The lowest BCUT2D eigenvalue weighted by Crippen LogP contribution is -2.40. The molecule has 0 saturated heterocycles. The number of hydrogen-bond donors (Lipinski definition) is 0. The summed E-state index contributed by atoms with van der Waals surface area (Å²) in [6.45, 7) is 0.157. The number of sulfone groups is 1. The fourth-order valence-corrected chi connectivity index (χ4v) is 4.80. The van der Waals surface area contributed by atoms with Crippen LogP contribution < -0.4 is 10.3 Å². The van der Waals surface area contributed by atoms with Crippen LogP contribution in [-0.2, 0) is 29.9 Å². The second kappa shape index (κ2) is 8.68. The van der Waals surface area contributed by atoms with Crippen LogP contribution in [0, 0.1) is 11.6 Å². The minimum absolute atomic E-state index is 0.0113. The van der Waals surface area contributed by atoms with Crippen molar-refractivity contribution in [3.63, 3.8) is 0 Å². The Bertz CT molecular complexity index is 1480. The summed E-state index contributed by atoms with van der Waals surface area (Å²) in [6.07, 6.45) is 2.88. The number of fused-ring (bicyclic) bond motifs is 1. The molecule has 0 unspecified atom stereocenters. The Labute approximate surface area is 195 Å². The maximum atomic E-state index is 14.3. The highest BCUT2D eigenvalue weighted by molar-refractivity contribution is 7.90. The fourth-order valence-electron chi connectivity index (χ4n) is 4.16. The predicted molar refractivity (Wildman–Crippen MR) is 122 cm³/mol. The molecule has 0 atom stereocenters. The van der Waals surface area contributed by atoms with Gasteiger partial charge in [0.25, 0.3) is 11.5 Å². The highest BCUT2D eigenvalue weighted by atomic mass is 32.2. The first-order valence-corrected chi connectivity index (χ1v) is 12.2. The zero-order valence-electron chi connectivity index (χ0n) is 18.8. The minimum atomic E-state index is -3.53. The van der Waals surface area contributed by atoms with Crippen LogP contribution in [0.2, 0.25) is 0 Å². The van der Waals surface area contributed by atoms with Crippen molar-refractivity contribution in [1.29, 1.82) is 0 Å². The van der Waals surface area contributed by atoms with Crippen molar-refractivity contribution in [2.45, 2.75) is 17.9 Å². The number of amides is 1. The molecule has 1 aliphatic heterocycles. The van der Waals surface area contributed by atoms with Crippen molar-refractivity contribution >= 4 is 15.7 Å². The molecule has 0 fully saturated rings. The van der Waals surface area contributed by atoms with Crippen LogP contribution >= 0.6 is 0 Å². The van der Waals surface area contributed by atoms with Crippen molar-refractivity contribution in [3.8, 4) is 16.9 Å². The number of rotatable bonds is 4. The second-order valence-electron chi connectivity index (χ2n) is 8.15. The minimum Gasteiger partial charge on any atom is -0.496 e. The standard InChI is InChI=1S/C24H22F2N2O5S/c1-27-12-19(18-11-15(34(3,31)32)5-7-22(18)33-2)20-13-28(9-8-16(20)23(27)29)24(30)17-6-4-14(25)10-21(17)26/h4-7,10-12H,8-9,13H2,1-3H3. The van der Waals surface area contributed by atoms with Gasteiger partial charge in [-0.05, 0) is 42.3 Å². The van der Waals surface area contributed by atoms with Crippen LogP contribution in [0.15, 0.2) is 52.3 Å². The average Bonchev–Trinajstić information content (AvgIpc) is 2.79. The van der Waals surface area contributed by atoms with E-state index in [4.69, 9.17) is 4.74 Å². The number of benzene rings is 2. The van der Waals surface area contributed by atoms with Crippen LogP contribution in [0.3, 0.4) is 0 Å². The highest BCUT2D eigenvalue weighted by Crippen LogP contribution is 2.36. The molecule has 0 aliphatic carbocycles. The lowest BCUT2D eigenvalue weighted by molar-refractivity contribution is 0.0729. The third-order valence-electron chi connectivity index (χ3n) is 5.91. The van der Waals surface area contributed by atoms with Gasteiger partial charge in [0.1, 0.15) is 17.4 Å². The van der Waals surface area contributed by atoms with E-state index in [1.807, 2.05) is 0 Å². The monoisotopic (exact) mass is 488 g/mol. The summed E-state index contributed by atoms with van der Waals surface area (Å²) < 4.78 is 58.7. The molecule has 4 rings (SSSR count). The molecule has 10 heteroatoms. The Morgan fingerprint density at radius 3 is 2.44 bits per heavy atom. The van der Waals surface area contributed by atoms with E-state index in [2.05, 4.69) is 0 Å². The molecule has 1 aromatic heterocycles. The Balaban J connectivity index is 1.86. The first-order valence-electron chi connectivity index (χ1n) is 10.4. The van der Waals surface area contributed by atoms with Crippen molar-refractivity contribution in [2.24, 2.45) is 7.05 Å². The average molecular weight is 489 g/mol. The molecule has 1 aliphatic rings. The molecule has 0 radical (unpaired) electrons. The number of halogens is 2. The van der Waals surface area contributed by atoms with Gasteiger partial charge in [0.2, 0.25) is 0 Å². The van der Waals surface area contributed by atoms with Gasteiger partial charge in [0.05, 0.1) is 17.6 Å². The van der Waals surface area contributed by atoms with Gasteiger partial charge < -0.3 is 14.2 Å². The first kappa shape index (κ1) is 23.6. The SMILES string of the molecule is COc1ccc(S(C)(=O)=O)cc1-c1cn(C)c(=O)c2c1CN(C(=O)c1ccc(F)cc1F)CC2. The van der Waals surface area contributed by atoms with Gasteiger partial charge in [-0.15, -0.1) is 0 Å². The van der Waals surface area contributed by atoms with E-state index in [1.54, 1.807) is 13.2 Å². The molecule has 34 heavy (non-hydrogen) atoms. The lowest BCUT2D eigenvalue weighted by atomic mass is 9.92. The largest absolute Gasteiger partial charge is 0.496 e. The molecule has 2 aromatic carbocycles. The van der Waals surface area contributed by atoms with Crippen molar-refractivity contribution < 1.29 is 26.7 Å². The lowest BCUT2D eigenvalue weighted by Gasteiger charge is -2.31. The number of aryl methyl sites for hydroxylation is 1. The molecule has 0 N–H and O–H groups in total. The summed E-state index contributed by atoms with van der Waals surface area (Å²) in [6, 6.07) is 7.17. The van der Waals surface area contributed by atoms with E-state index in [1.165, 1.54) is 34.8 Å². The Hall–Kier alpha value is -3.53. The number of aromatic nitrogens is 1. The number of hydrogen-bond acceptors (Lipinski definition) is 5. The van der Waals surface area contributed by atoms with E-state index in [-0.39, 0.29) is 35.5 Å². The highest BCUT2D eigenvalue weighted by Gasteiger charge is 2.29. The molecule has 0 bridgehead atoms. The smallest absolute Gasteiger partial charge is 0.257 e. The van der Waals surface area contributed by atoms with Gasteiger partial charge in [0, 0.05) is 55.3 Å². The maximum Gasteiger partial charge on any atom is 0.257 e. The van der Waals surface area contributed by atoms with Gasteiger partial charge in [-0.25, -0.2) is 17.2 Å².